The minimum atomic E-state index is -0.0607. The molecule has 3 aromatic rings. The second kappa shape index (κ2) is 8.50. The first-order chi connectivity index (χ1) is 13.1. The molecule has 0 unspecified atom stereocenters. The standard InChI is InChI=1S/C21H25N3O2S/c1-4-23(5-2)19(15-9-8-10-16(13-15)26-3)14-24-20(25)17-11-6-7-12-18(17)22-21(24)27/h6-13,19H,4-5,14H2,1-3H3,(H,22,27)/t19-/m1/s1. The Labute approximate surface area is 164 Å². The van der Waals surface area contributed by atoms with Crippen LogP contribution in [0.25, 0.3) is 10.9 Å². The zero-order valence-corrected chi connectivity index (χ0v) is 16.8. The van der Waals surface area contributed by atoms with Gasteiger partial charge in [-0.15, -0.1) is 0 Å². The van der Waals surface area contributed by atoms with E-state index in [4.69, 9.17) is 17.0 Å². The van der Waals surface area contributed by atoms with Gasteiger partial charge >= 0.3 is 0 Å². The number of hydrogen-bond donors (Lipinski definition) is 1. The molecule has 1 aromatic heterocycles. The number of aromatic nitrogens is 2. The molecule has 1 atom stereocenters. The molecule has 0 fully saturated rings. The molecular formula is C21H25N3O2S. The molecule has 0 amide bonds. The van der Waals surface area contributed by atoms with E-state index in [1.165, 1.54) is 0 Å². The van der Waals surface area contributed by atoms with E-state index in [0.29, 0.717) is 16.7 Å². The van der Waals surface area contributed by atoms with Crippen molar-refractivity contribution in [2.24, 2.45) is 0 Å². The zero-order valence-electron chi connectivity index (χ0n) is 15.9. The van der Waals surface area contributed by atoms with E-state index in [2.05, 4.69) is 29.8 Å². The maximum atomic E-state index is 13.1. The fourth-order valence-corrected chi connectivity index (χ4v) is 3.75. The first kappa shape index (κ1) is 19.3. The largest absolute Gasteiger partial charge is 0.497 e. The number of aromatic amines is 1. The minimum absolute atomic E-state index is 0.0177. The average molecular weight is 384 g/mol. The van der Waals surface area contributed by atoms with E-state index < -0.39 is 0 Å². The summed E-state index contributed by atoms with van der Waals surface area (Å²) in [7, 11) is 1.66. The van der Waals surface area contributed by atoms with E-state index in [9.17, 15) is 4.79 Å². The second-order valence-electron chi connectivity index (χ2n) is 6.41. The fraction of sp³-hybridized carbons (Fsp3) is 0.333. The van der Waals surface area contributed by atoms with Crippen molar-refractivity contribution in [3.8, 4) is 5.75 Å². The lowest BCUT2D eigenvalue weighted by molar-refractivity contribution is 0.195. The van der Waals surface area contributed by atoms with Crippen molar-refractivity contribution in [3.63, 3.8) is 0 Å². The highest BCUT2D eigenvalue weighted by Gasteiger charge is 2.21. The second-order valence-corrected chi connectivity index (χ2v) is 6.79. The molecule has 0 spiro atoms. The molecule has 1 heterocycles. The highest BCUT2D eigenvalue weighted by molar-refractivity contribution is 7.71. The van der Waals surface area contributed by atoms with Crippen molar-refractivity contribution in [2.45, 2.75) is 26.4 Å². The first-order valence-electron chi connectivity index (χ1n) is 9.18. The van der Waals surface area contributed by atoms with Gasteiger partial charge in [-0.3, -0.25) is 14.3 Å². The van der Waals surface area contributed by atoms with Crippen molar-refractivity contribution in [1.82, 2.24) is 14.5 Å². The molecule has 0 bridgehead atoms. The highest BCUT2D eigenvalue weighted by Crippen LogP contribution is 2.26. The summed E-state index contributed by atoms with van der Waals surface area (Å²) in [6, 6.07) is 15.5. The maximum Gasteiger partial charge on any atom is 0.262 e. The van der Waals surface area contributed by atoms with E-state index in [1.807, 2.05) is 42.5 Å². The molecule has 5 nitrogen and oxygen atoms in total. The lowest BCUT2D eigenvalue weighted by Gasteiger charge is -2.30. The number of hydrogen-bond acceptors (Lipinski definition) is 4. The van der Waals surface area contributed by atoms with Crippen molar-refractivity contribution in [1.29, 1.82) is 0 Å². The van der Waals surface area contributed by atoms with Gasteiger partial charge in [0.25, 0.3) is 5.56 Å². The van der Waals surface area contributed by atoms with Crippen molar-refractivity contribution >= 4 is 23.1 Å². The van der Waals surface area contributed by atoms with E-state index in [1.54, 1.807) is 11.7 Å². The van der Waals surface area contributed by atoms with Crippen molar-refractivity contribution in [2.75, 3.05) is 20.2 Å². The summed E-state index contributed by atoms with van der Waals surface area (Å²) < 4.78 is 7.50. The van der Waals surface area contributed by atoms with Gasteiger partial charge in [-0.25, -0.2) is 0 Å². The molecule has 0 saturated carbocycles. The van der Waals surface area contributed by atoms with Crippen LogP contribution in [-0.2, 0) is 6.54 Å². The Kier molecular flexibility index (Phi) is 6.08. The fourth-order valence-electron chi connectivity index (χ4n) is 3.48. The third-order valence-corrected chi connectivity index (χ3v) is 5.30. The van der Waals surface area contributed by atoms with Crippen LogP contribution in [0.4, 0.5) is 0 Å². The van der Waals surface area contributed by atoms with Crippen LogP contribution in [-0.4, -0.2) is 34.7 Å². The molecule has 0 radical (unpaired) electrons. The molecule has 0 aliphatic carbocycles. The number of H-pyrrole nitrogens is 1. The number of nitrogens with zero attached hydrogens (tertiary/aromatic N) is 2. The van der Waals surface area contributed by atoms with Crippen LogP contribution < -0.4 is 10.3 Å². The summed E-state index contributed by atoms with van der Waals surface area (Å²) in [4.78, 5) is 18.6. The van der Waals surface area contributed by atoms with Crippen molar-refractivity contribution < 1.29 is 4.74 Å². The Balaban J connectivity index is 2.11. The number of para-hydroxylation sites is 1. The summed E-state index contributed by atoms with van der Waals surface area (Å²) >= 11 is 5.51. The molecule has 0 aliphatic rings. The number of methoxy groups -OCH3 is 1. The summed E-state index contributed by atoms with van der Waals surface area (Å²) in [5.74, 6) is 0.806. The van der Waals surface area contributed by atoms with Crippen molar-refractivity contribution in [3.05, 3.63) is 69.2 Å². The van der Waals surface area contributed by atoms with Gasteiger partial charge < -0.3 is 9.72 Å². The average Bonchev–Trinajstić information content (AvgIpc) is 2.70. The lowest BCUT2D eigenvalue weighted by atomic mass is 10.0. The SMILES string of the molecule is CCN(CC)[C@H](Cn1c(=S)[nH]c2ccccc2c1=O)c1cccc(OC)c1. The number of rotatable bonds is 7. The van der Waals surface area contributed by atoms with Gasteiger partial charge in [-0.1, -0.05) is 38.1 Å². The number of fused-ring (bicyclic) bond motifs is 1. The molecular weight excluding hydrogens is 358 g/mol. The Morgan fingerprint density at radius 3 is 2.59 bits per heavy atom. The lowest BCUT2D eigenvalue weighted by Crippen LogP contribution is -2.35. The summed E-state index contributed by atoms with van der Waals surface area (Å²) in [6.45, 7) is 6.48. The number of ether oxygens (including phenoxy) is 1. The van der Waals surface area contributed by atoms with Gasteiger partial charge in [-0.2, -0.15) is 0 Å². The van der Waals surface area contributed by atoms with Crippen LogP contribution in [0.15, 0.2) is 53.3 Å². The van der Waals surface area contributed by atoms with Gasteiger partial charge in [0.2, 0.25) is 0 Å². The van der Waals surface area contributed by atoms with Gasteiger partial charge in [-0.05, 0) is 55.1 Å². The quantitative estimate of drug-likeness (QED) is 0.623. The first-order valence-corrected chi connectivity index (χ1v) is 9.59. The van der Waals surface area contributed by atoms with Crippen LogP contribution in [0, 0.1) is 4.77 Å². The molecule has 142 valence electrons. The molecule has 6 heteroatoms. The highest BCUT2D eigenvalue weighted by atomic mass is 32.1. The molecule has 27 heavy (non-hydrogen) atoms. The Morgan fingerprint density at radius 1 is 1.15 bits per heavy atom. The Morgan fingerprint density at radius 2 is 1.89 bits per heavy atom. The predicted octanol–water partition coefficient (Wildman–Crippen LogP) is 4.15. The third kappa shape index (κ3) is 3.96. The number of nitrogens with one attached hydrogen (secondary N) is 1. The number of likely N-dealkylation sites (N-methyl/N-ethyl adjacent to an activating group) is 1. The van der Waals surface area contributed by atoms with E-state index in [-0.39, 0.29) is 11.6 Å². The molecule has 0 aliphatic heterocycles. The van der Waals surface area contributed by atoms with Gasteiger partial charge in [0, 0.05) is 6.54 Å². The zero-order chi connectivity index (χ0) is 19.4. The summed E-state index contributed by atoms with van der Waals surface area (Å²) in [5, 5.41) is 0.648. The molecule has 0 saturated heterocycles. The summed E-state index contributed by atoms with van der Waals surface area (Å²) in [5.41, 5.74) is 1.81. The van der Waals surface area contributed by atoms with E-state index >= 15 is 0 Å². The van der Waals surface area contributed by atoms with Gasteiger partial charge in [0.1, 0.15) is 5.75 Å². The third-order valence-electron chi connectivity index (χ3n) is 4.98. The van der Waals surface area contributed by atoms with Crippen LogP contribution in [0.3, 0.4) is 0 Å². The van der Waals surface area contributed by atoms with Crippen LogP contribution in [0.5, 0.6) is 5.75 Å². The predicted molar refractivity (Wildman–Crippen MR) is 112 cm³/mol. The van der Waals surface area contributed by atoms with Gasteiger partial charge in [0.15, 0.2) is 4.77 Å². The monoisotopic (exact) mass is 383 g/mol. The normalized spacial score (nSPS) is 12.4. The van der Waals surface area contributed by atoms with Crippen LogP contribution in [0.2, 0.25) is 0 Å². The maximum absolute atomic E-state index is 13.1. The number of benzene rings is 2. The smallest absolute Gasteiger partial charge is 0.262 e. The van der Waals surface area contributed by atoms with Crippen LogP contribution >= 0.6 is 12.2 Å². The summed E-state index contributed by atoms with van der Waals surface area (Å²) in [6.07, 6.45) is 0. The van der Waals surface area contributed by atoms with Crippen LogP contribution in [0.1, 0.15) is 25.5 Å². The van der Waals surface area contributed by atoms with Gasteiger partial charge in [0.05, 0.1) is 24.1 Å². The molecule has 2 aromatic carbocycles. The Bertz CT molecular complexity index is 1040. The minimum Gasteiger partial charge on any atom is -0.497 e. The molecule has 3 rings (SSSR count). The molecule has 1 N–H and O–H groups in total. The topological polar surface area (TPSA) is 50.3 Å². The Hall–Kier alpha value is -2.44. The van der Waals surface area contributed by atoms with E-state index in [0.717, 1.165) is 29.9 Å².